The summed E-state index contributed by atoms with van der Waals surface area (Å²) in [7, 11) is 0. The Morgan fingerprint density at radius 1 is 0.833 bits per heavy atom. The number of hydrogen-bond donors (Lipinski definition) is 0. The molecule has 3 aromatic rings. The Morgan fingerprint density at radius 3 is 2.03 bits per heavy atom. The zero-order valence-electron chi connectivity index (χ0n) is 15.8. The first kappa shape index (κ1) is 23.5. The maximum Gasteiger partial charge on any atom is 0.416 e. The summed E-state index contributed by atoms with van der Waals surface area (Å²) in [4.78, 5) is 0. The summed E-state index contributed by atoms with van der Waals surface area (Å²) in [6.07, 6.45) is -5.15. The fraction of sp³-hybridized carbons (Fsp3) is 0.208. The van der Waals surface area contributed by atoms with Crippen LogP contribution in [0, 0.1) is 5.82 Å². The molecule has 158 valence electrons. The molecule has 6 heteroatoms. The van der Waals surface area contributed by atoms with Gasteiger partial charge in [-0.2, -0.15) is 13.2 Å². The Kier molecular flexibility index (Phi) is 7.37. The minimum atomic E-state index is -4.42. The molecule has 0 N–H and O–H groups in total. The summed E-state index contributed by atoms with van der Waals surface area (Å²) < 4.78 is 58.5. The molecule has 0 fully saturated rings. The average molecular weight is 434 g/mol. The molecular weight excluding hydrogens is 412 g/mol. The van der Waals surface area contributed by atoms with E-state index in [1.165, 1.54) is 24.3 Å². The second kappa shape index (κ2) is 9.39. The summed E-state index contributed by atoms with van der Waals surface area (Å²) in [5.41, 5.74) is 2.38. The predicted molar refractivity (Wildman–Crippen MR) is 116 cm³/mol. The van der Waals surface area contributed by atoms with E-state index in [1.54, 1.807) is 18.2 Å². The van der Waals surface area contributed by atoms with Crippen molar-refractivity contribution in [3.8, 4) is 11.1 Å². The maximum atomic E-state index is 13.9. The predicted octanol–water partition coefficient (Wildman–Crippen LogP) is 7.97. The minimum Gasteiger partial charge on any atom is -0.470 e. The van der Waals surface area contributed by atoms with E-state index < -0.39 is 23.7 Å². The van der Waals surface area contributed by atoms with Gasteiger partial charge in [-0.25, -0.2) is 4.39 Å². The first-order valence-electron chi connectivity index (χ1n) is 9.11. The van der Waals surface area contributed by atoms with Gasteiger partial charge in [0.1, 0.15) is 5.82 Å². The number of fused-ring (bicyclic) bond motifs is 3. The monoisotopic (exact) mass is 434 g/mol. The summed E-state index contributed by atoms with van der Waals surface area (Å²) in [5.74, 6) is -0.414. The van der Waals surface area contributed by atoms with Gasteiger partial charge < -0.3 is 4.74 Å². The van der Waals surface area contributed by atoms with E-state index in [9.17, 15) is 17.6 Å². The van der Waals surface area contributed by atoms with E-state index in [0.717, 1.165) is 17.7 Å². The van der Waals surface area contributed by atoms with Crippen LogP contribution in [0.5, 0.6) is 0 Å². The van der Waals surface area contributed by atoms with Crippen molar-refractivity contribution in [2.24, 2.45) is 0 Å². The number of hydrogen-bond acceptors (Lipinski definition) is 2. The quantitative estimate of drug-likeness (QED) is 0.284. The van der Waals surface area contributed by atoms with E-state index in [4.69, 9.17) is 17.0 Å². The summed E-state index contributed by atoms with van der Waals surface area (Å²) in [6, 6.07) is 16.2. The molecule has 30 heavy (non-hydrogen) atoms. The summed E-state index contributed by atoms with van der Waals surface area (Å²) in [6.45, 7) is 4.00. The van der Waals surface area contributed by atoms with Gasteiger partial charge in [0.05, 0.1) is 5.56 Å². The second-order valence-corrected chi connectivity index (χ2v) is 6.55. The Bertz CT molecular complexity index is 1030. The molecule has 1 atom stereocenters. The highest BCUT2D eigenvalue weighted by Crippen LogP contribution is 2.41. The van der Waals surface area contributed by atoms with E-state index in [0.29, 0.717) is 22.3 Å². The van der Waals surface area contributed by atoms with Crippen LogP contribution < -0.4 is 0 Å². The van der Waals surface area contributed by atoms with Crippen LogP contribution in [0.2, 0.25) is 0 Å². The number of thiocarbonyl (C=S) groups is 1. The Morgan fingerprint density at radius 2 is 1.43 bits per heavy atom. The van der Waals surface area contributed by atoms with E-state index >= 15 is 0 Å². The van der Waals surface area contributed by atoms with Gasteiger partial charge in [0.25, 0.3) is 0 Å². The smallest absolute Gasteiger partial charge is 0.416 e. The zero-order valence-corrected chi connectivity index (χ0v) is 16.6. The lowest BCUT2D eigenvalue weighted by molar-refractivity contribution is -0.137. The first-order valence-corrected chi connectivity index (χ1v) is 9.52. The van der Waals surface area contributed by atoms with Crippen molar-refractivity contribution in [3.63, 3.8) is 0 Å². The molecular formula is C24H22F4OS. The van der Waals surface area contributed by atoms with Crippen LogP contribution in [0.15, 0.2) is 66.7 Å². The molecule has 4 rings (SSSR count). The van der Waals surface area contributed by atoms with Gasteiger partial charge in [0.2, 0.25) is 0 Å². The molecule has 0 aliphatic carbocycles. The van der Waals surface area contributed by atoms with Crippen molar-refractivity contribution < 1.29 is 22.3 Å². The van der Waals surface area contributed by atoms with Gasteiger partial charge in [-0.1, -0.05) is 57.7 Å². The molecule has 0 saturated carbocycles. The van der Waals surface area contributed by atoms with Gasteiger partial charge in [0, 0.05) is 11.1 Å². The molecule has 1 aliphatic heterocycles. The SMILES string of the molecule is C.CC.Fc1ccc2c(c1)-c1ccccc1C(=S)OC2c1ccc(C(F)(F)F)cc1. The van der Waals surface area contributed by atoms with Crippen molar-refractivity contribution >= 4 is 17.3 Å². The fourth-order valence-electron chi connectivity index (χ4n) is 3.21. The van der Waals surface area contributed by atoms with Gasteiger partial charge >= 0.3 is 6.18 Å². The van der Waals surface area contributed by atoms with E-state index in [1.807, 2.05) is 26.0 Å². The van der Waals surface area contributed by atoms with Gasteiger partial charge in [-0.05, 0) is 59.2 Å². The molecule has 0 bridgehead atoms. The topological polar surface area (TPSA) is 9.23 Å². The third-order valence-electron chi connectivity index (χ3n) is 4.50. The van der Waals surface area contributed by atoms with Crippen molar-refractivity contribution in [1.29, 1.82) is 0 Å². The Hall–Kier alpha value is -2.73. The van der Waals surface area contributed by atoms with E-state index in [-0.39, 0.29) is 12.5 Å². The standard InChI is InChI=1S/C21H12F4OS.C2H6.CH4/c22-14-9-10-16-18(11-14)15-3-1-2-4-17(15)20(27)26-19(16)12-5-7-13(8-6-12)21(23,24)25;1-2;/h1-11,19H;1-2H3;1H4. The average Bonchev–Trinajstić information content (AvgIpc) is 2.84. The van der Waals surface area contributed by atoms with Crippen molar-refractivity contribution in [1.82, 2.24) is 0 Å². The van der Waals surface area contributed by atoms with Crippen molar-refractivity contribution in [3.05, 3.63) is 94.8 Å². The van der Waals surface area contributed by atoms with Crippen LogP contribution in [0.4, 0.5) is 17.6 Å². The molecule has 1 unspecified atom stereocenters. The normalized spacial score (nSPS) is 14.7. The molecule has 0 radical (unpaired) electrons. The molecule has 0 aromatic heterocycles. The molecule has 1 nitrogen and oxygen atoms in total. The van der Waals surface area contributed by atoms with Crippen LogP contribution in [0.25, 0.3) is 11.1 Å². The molecule has 1 aliphatic rings. The van der Waals surface area contributed by atoms with Crippen LogP contribution in [0.1, 0.15) is 49.6 Å². The minimum absolute atomic E-state index is 0. The number of ether oxygens (including phenoxy) is 1. The number of benzene rings is 3. The fourth-order valence-corrected chi connectivity index (χ4v) is 3.49. The third-order valence-corrected chi connectivity index (χ3v) is 4.82. The summed E-state index contributed by atoms with van der Waals surface area (Å²) >= 11 is 5.39. The van der Waals surface area contributed by atoms with Crippen LogP contribution in [-0.4, -0.2) is 5.05 Å². The Balaban J connectivity index is 0.00000104. The van der Waals surface area contributed by atoms with Gasteiger partial charge in [0.15, 0.2) is 11.2 Å². The van der Waals surface area contributed by atoms with Gasteiger partial charge in [-0.15, -0.1) is 0 Å². The largest absolute Gasteiger partial charge is 0.470 e. The van der Waals surface area contributed by atoms with Crippen molar-refractivity contribution in [2.75, 3.05) is 0 Å². The van der Waals surface area contributed by atoms with Gasteiger partial charge in [-0.3, -0.25) is 0 Å². The second-order valence-electron chi connectivity index (χ2n) is 6.18. The lowest BCUT2D eigenvalue weighted by Crippen LogP contribution is -2.11. The highest BCUT2D eigenvalue weighted by molar-refractivity contribution is 7.80. The number of alkyl halides is 3. The van der Waals surface area contributed by atoms with E-state index in [2.05, 4.69) is 0 Å². The van der Waals surface area contributed by atoms with Crippen molar-refractivity contribution in [2.45, 2.75) is 33.6 Å². The van der Waals surface area contributed by atoms with Crippen LogP contribution >= 0.6 is 12.2 Å². The molecule has 0 saturated heterocycles. The Labute approximate surface area is 179 Å². The van der Waals surface area contributed by atoms with Crippen LogP contribution in [0.3, 0.4) is 0 Å². The number of halogens is 4. The zero-order chi connectivity index (χ0) is 21.2. The maximum absolute atomic E-state index is 13.9. The number of rotatable bonds is 1. The molecule has 0 spiro atoms. The third kappa shape index (κ3) is 4.54. The molecule has 0 amide bonds. The highest BCUT2D eigenvalue weighted by Gasteiger charge is 2.32. The molecule has 3 aromatic carbocycles. The van der Waals surface area contributed by atoms with Crippen LogP contribution in [-0.2, 0) is 10.9 Å². The lowest BCUT2D eigenvalue weighted by Gasteiger charge is -2.20. The lowest BCUT2D eigenvalue weighted by atomic mass is 9.91. The highest BCUT2D eigenvalue weighted by atomic mass is 32.1. The first-order chi connectivity index (χ1) is 13.8. The molecule has 1 heterocycles. The summed E-state index contributed by atoms with van der Waals surface area (Å²) in [5, 5.41) is 0.215.